The lowest BCUT2D eigenvalue weighted by Gasteiger charge is -2.53. The molecule has 1 saturated heterocycles. The second-order valence-electron chi connectivity index (χ2n) is 7.83. The van der Waals surface area contributed by atoms with E-state index < -0.39 is 0 Å². The van der Waals surface area contributed by atoms with Crippen molar-refractivity contribution in [2.75, 3.05) is 13.1 Å². The Morgan fingerprint density at radius 1 is 1.05 bits per heavy atom. The number of nitrogens with one attached hydrogen (secondary N) is 2. The molecule has 112 valence electrons. The molecular formula is C17H28N2O. The van der Waals surface area contributed by atoms with Gasteiger partial charge >= 0.3 is 0 Å². The van der Waals surface area contributed by atoms with Crippen LogP contribution in [0, 0.1) is 29.6 Å². The number of carbonyl (C=O) groups excluding carboxylic acids is 1. The molecule has 1 aliphatic heterocycles. The third kappa shape index (κ3) is 2.38. The van der Waals surface area contributed by atoms with Crippen LogP contribution in [0.25, 0.3) is 0 Å². The molecule has 0 radical (unpaired) electrons. The SMILES string of the molecule is O=C(NCCC1CCCN1)C1C2CC3CC(C2)CC1C3. The monoisotopic (exact) mass is 276 g/mol. The fourth-order valence-electron chi connectivity index (χ4n) is 5.84. The Labute approximate surface area is 122 Å². The molecule has 1 unspecified atom stereocenters. The Bertz CT molecular complexity index is 347. The largest absolute Gasteiger partial charge is 0.356 e. The summed E-state index contributed by atoms with van der Waals surface area (Å²) in [6.45, 7) is 2.04. The standard InChI is InChI=1S/C17H28N2O/c20-17(19-5-3-15-2-1-4-18-15)16-13-7-11-6-12(9-13)10-14(16)8-11/h11-16,18H,1-10H2,(H,19,20). The summed E-state index contributed by atoms with van der Waals surface area (Å²) < 4.78 is 0. The first kappa shape index (κ1) is 13.1. The van der Waals surface area contributed by atoms with Crippen molar-refractivity contribution < 1.29 is 4.79 Å². The quantitative estimate of drug-likeness (QED) is 0.827. The molecule has 0 aromatic carbocycles. The Hall–Kier alpha value is -0.570. The van der Waals surface area contributed by atoms with Gasteiger partial charge in [0, 0.05) is 18.5 Å². The lowest BCUT2D eigenvalue weighted by atomic mass is 9.51. The maximum absolute atomic E-state index is 12.6. The molecule has 20 heavy (non-hydrogen) atoms. The van der Waals surface area contributed by atoms with E-state index in [-0.39, 0.29) is 0 Å². The van der Waals surface area contributed by atoms with E-state index in [1.807, 2.05) is 0 Å². The van der Waals surface area contributed by atoms with Crippen LogP contribution in [0.4, 0.5) is 0 Å². The molecule has 0 aromatic heterocycles. The van der Waals surface area contributed by atoms with Crippen molar-refractivity contribution in [3.63, 3.8) is 0 Å². The van der Waals surface area contributed by atoms with Crippen LogP contribution in [-0.4, -0.2) is 25.0 Å². The molecule has 5 rings (SSSR count). The smallest absolute Gasteiger partial charge is 0.223 e. The average molecular weight is 276 g/mol. The minimum Gasteiger partial charge on any atom is -0.356 e. The minimum atomic E-state index is 0.360. The Kier molecular flexibility index (Phi) is 3.49. The molecular weight excluding hydrogens is 248 g/mol. The van der Waals surface area contributed by atoms with Gasteiger partial charge in [-0.2, -0.15) is 0 Å². The number of rotatable bonds is 4. The van der Waals surface area contributed by atoms with Gasteiger partial charge in [0.25, 0.3) is 0 Å². The van der Waals surface area contributed by atoms with Crippen LogP contribution in [-0.2, 0) is 4.79 Å². The van der Waals surface area contributed by atoms with Crippen molar-refractivity contribution in [3.05, 3.63) is 0 Å². The van der Waals surface area contributed by atoms with Crippen molar-refractivity contribution in [2.45, 2.75) is 57.4 Å². The van der Waals surface area contributed by atoms with Crippen LogP contribution in [0.2, 0.25) is 0 Å². The number of amides is 1. The highest BCUT2D eigenvalue weighted by Crippen LogP contribution is 2.56. The molecule has 2 N–H and O–H groups in total. The number of hydrogen-bond donors (Lipinski definition) is 2. The predicted octanol–water partition coefficient (Wildman–Crippen LogP) is 2.32. The maximum Gasteiger partial charge on any atom is 0.223 e. The Morgan fingerprint density at radius 2 is 1.75 bits per heavy atom. The molecule has 4 saturated carbocycles. The van der Waals surface area contributed by atoms with E-state index in [1.54, 1.807) is 0 Å². The summed E-state index contributed by atoms with van der Waals surface area (Å²) in [5.41, 5.74) is 0. The van der Waals surface area contributed by atoms with Gasteiger partial charge in [0.15, 0.2) is 0 Å². The molecule has 3 nitrogen and oxygen atoms in total. The van der Waals surface area contributed by atoms with Gasteiger partial charge < -0.3 is 10.6 Å². The second kappa shape index (κ2) is 5.32. The van der Waals surface area contributed by atoms with E-state index >= 15 is 0 Å². The fraction of sp³-hybridized carbons (Fsp3) is 0.941. The van der Waals surface area contributed by atoms with Gasteiger partial charge in [-0.15, -0.1) is 0 Å². The van der Waals surface area contributed by atoms with Gasteiger partial charge in [0.2, 0.25) is 5.91 Å². The molecule has 4 bridgehead atoms. The summed E-state index contributed by atoms with van der Waals surface area (Å²) in [5.74, 6) is 4.11. The van der Waals surface area contributed by atoms with E-state index in [4.69, 9.17) is 0 Å². The summed E-state index contributed by atoms with van der Waals surface area (Å²) in [6.07, 6.45) is 10.5. The lowest BCUT2D eigenvalue weighted by Crippen LogP contribution is -2.51. The van der Waals surface area contributed by atoms with Crippen LogP contribution in [0.15, 0.2) is 0 Å². The lowest BCUT2D eigenvalue weighted by molar-refractivity contribution is -0.138. The summed E-state index contributed by atoms with van der Waals surface area (Å²) in [7, 11) is 0. The normalized spacial score (nSPS) is 45.8. The minimum absolute atomic E-state index is 0.360. The van der Waals surface area contributed by atoms with Crippen molar-refractivity contribution in [1.82, 2.24) is 10.6 Å². The van der Waals surface area contributed by atoms with Gasteiger partial charge in [-0.25, -0.2) is 0 Å². The first-order valence-corrected chi connectivity index (χ1v) is 8.80. The van der Waals surface area contributed by atoms with Crippen LogP contribution in [0.3, 0.4) is 0 Å². The van der Waals surface area contributed by atoms with Crippen molar-refractivity contribution >= 4 is 5.91 Å². The zero-order valence-corrected chi connectivity index (χ0v) is 12.4. The molecule has 1 amide bonds. The highest BCUT2D eigenvalue weighted by atomic mass is 16.1. The zero-order valence-electron chi connectivity index (χ0n) is 12.4. The summed E-state index contributed by atoms with van der Waals surface area (Å²) in [6, 6.07) is 0.647. The van der Waals surface area contributed by atoms with Crippen LogP contribution in [0.1, 0.15) is 51.4 Å². The third-order valence-electron chi connectivity index (χ3n) is 6.48. The zero-order chi connectivity index (χ0) is 13.5. The molecule has 1 heterocycles. The van der Waals surface area contributed by atoms with Crippen molar-refractivity contribution in [2.24, 2.45) is 29.6 Å². The highest BCUT2D eigenvalue weighted by molar-refractivity contribution is 5.79. The summed E-state index contributed by atoms with van der Waals surface area (Å²) in [4.78, 5) is 12.6. The van der Waals surface area contributed by atoms with E-state index in [2.05, 4.69) is 10.6 Å². The average Bonchev–Trinajstić information content (AvgIpc) is 2.90. The van der Waals surface area contributed by atoms with Crippen molar-refractivity contribution in [3.8, 4) is 0 Å². The Balaban J connectivity index is 1.30. The van der Waals surface area contributed by atoms with E-state index in [0.717, 1.165) is 43.2 Å². The van der Waals surface area contributed by atoms with E-state index in [0.29, 0.717) is 17.9 Å². The van der Waals surface area contributed by atoms with Crippen LogP contribution >= 0.6 is 0 Å². The van der Waals surface area contributed by atoms with E-state index in [9.17, 15) is 4.79 Å². The molecule has 4 aliphatic carbocycles. The summed E-state index contributed by atoms with van der Waals surface area (Å²) >= 11 is 0. The molecule has 5 fully saturated rings. The summed E-state index contributed by atoms with van der Waals surface area (Å²) in [5, 5.41) is 6.77. The van der Waals surface area contributed by atoms with Gasteiger partial charge in [-0.1, -0.05) is 0 Å². The maximum atomic E-state index is 12.6. The molecule has 1 atom stereocenters. The van der Waals surface area contributed by atoms with Gasteiger partial charge in [-0.3, -0.25) is 4.79 Å². The van der Waals surface area contributed by atoms with E-state index in [1.165, 1.54) is 44.9 Å². The van der Waals surface area contributed by atoms with Gasteiger partial charge in [-0.05, 0) is 81.6 Å². The van der Waals surface area contributed by atoms with Crippen LogP contribution < -0.4 is 10.6 Å². The Morgan fingerprint density at radius 3 is 2.35 bits per heavy atom. The third-order valence-corrected chi connectivity index (χ3v) is 6.48. The first-order chi connectivity index (χ1) is 9.79. The number of hydrogen-bond acceptors (Lipinski definition) is 2. The first-order valence-electron chi connectivity index (χ1n) is 8.80. The molecule has 5 aliphatic rings. The molecule has 3 heteroatoms. The fourth-order valence-corrected chi connectivity index (χ4v) is 5.84. The van der Waals surface area contributed by atoms with Gasteiger partial charge in [0.05, 0.1) is 0 Å². The van der Waals surface area contributed by atoms with Gasteiger partial charge in [0.1, 0.15) is 0 Å². The predicted molar refractivity (Wildman–Crippen MR) is 79.2 cm³/mol. The highest BCUT2D eigenvalue weighted by Gasteiger charge is 2.50. The van der Waals surface area contributed by atoms with Crippen LogP contribution in [0.5, 0.6) is 0 Å². The molecule has 0 spiro atoms. The van der Waals surface area contributed by atoms with Crippen molar-refractivity contribution in [1.29, 1.82) is 0 Å². The number of carbonyl (C=O) groups is 1. The molecule has 0 aromatic rings. The second-order valence-corrected chi connectivity index (χ2v) is 7.83. The topological polar surface area (TPSA) is 41.1 Å².